The Labute approximate surface area is 151 Å². The zero-order chi connectivity index (χ0) is 18.3. The van der Waals surface area contributed by atoms with Crippen molar-refractivity contribution in [2.45, 2.75) is 38.2 Å². The van der Waals surface area contributed by atoms with Gasteiger partial charge in [-0.15, -0.1) is 0 Å². The minimum absolute atomic E-state index is 0.277. The SMILES string of the molecule is Cc1cc(C(=O)Nc2cccc(C3(C)CNC(=O)O3)c2)nc(C2CC2)n1. The van der Waals surface area contributed by atoms with Crippen LogP contribution in [0.15, 0.2) is 30.3 Å². The van der Waals surface area contributed by atoms with Crippen molar-refractivity contribution in [1.82, 2.24) is 15.3 Å². The van der Waals surface area contributed by atoms with E-state index in [4.69, 9.17) is 4.74 Å². The smallest absolute Gasteiger partial charge is 0.408 e. The van der Waals surface area contributed by atoms with Crippen LogP contribution in [0.1, 0.15) is 53.3 Å². The first kappa shape index (κ1) is 16.5. The van der Waals surface area contributed by atoms with E-state index in [0.717, 1.165) is 29.9 Å². The fourth-order valence-electron chi connectivity index (χ4n) is 3.03. The molecular weight excluding hydrogens is 332 g/mol. The van der Waals surface area contributed by atoms with E-state index >= 15 is 0 Å². The Hall–Kier alpha value is -2.96. The van der Waals surface area contributed by atoms with Crippen molar-refractivity contribution in [3.63, 3.8) is 0 Å². The zero-order valence-electron chi connectivity index (χ0n) is 14.7. The molecule has 2 aromatic rings. The Morgan fingerprint density at radius 2 is 2.12 bits per heavy atom. The second kappa shape index (κ2) is 6.09. The molecule has 1 saturated carbocycles. The lowest BCUT2D eigenvalue weighted by atomic mass is 9.96. The van der Waals surface area contributed by atoms with Gasteiger partial charge >= 0.3 is 6.09 Å². The van der Waals surface area contributed by atoms with E-state index in [1.165, 1.54) is 0 Å². The Morgan fingerprint density at radius 3 is 2.81 bits per heavy atom. The lowest BCUT2D eigenvalue weighted by molar-refractivity contribution is 0.0704. The number of nitrogens with zero attached hydrogens (tertiary/aromatic N) is 2. The van der Waals surface area contributed by atoms with E-state index in [-0.39, 0.29) is 5.91 Å². The number of nitrogens with one attached hydrogen (secondary N) is 2. The summed E-state index contributed by atoms with van der Waals surface area (Å²) in [6.07, 6.45) is 1.72. The Morgan fingerprint density at radius 1 is 1.31 bits per heavy atom. The van der Waals surface area contributed by atoms with Crippen LogP contribution in [-0.2, 0) is 10.3 Å². The van der Waals surface area contributed by atoms with E-state index in [0.29, 0.717) is 23.8 Å². The van der Waals surface area contributed by atoms with Crippen LogP contribution in [0.3, 0.4) is 0 Å². The highest BCUT2D eigenvalue weighted by Gasteiger charge is 2.37. The van der Waals surface area contributed by atoms with Crippen molar-refractivity contribution < 1.29 is 14.3 Å². The number of hydrogen-bond donors (Lipinski definition) is 2. The summed E-state index contributed by atoms with van der Waals surface area (Å²) in [7, 11) is 0. The molecule has 0 radical (unpaired) electrons. The van der Waals surface area contributed by atoms with Crippen LogP contribution >= 0.6 is 0 Å². The van der Waals surface area contributed by atoms with Crippen LogP contribution in [-0.4, -0.2) is 28.5 Å². The molecule has 134 valence electrons. The van der Waals surface area contributed by atoms with Gasteiger partial charge in [-0.25, -0.2) is 14.8 Å². The summed E-state index contributed by atoms with van der Waals surface area (Å²) in [4.78, 5) is 32.8. The summed E-state index contributed by atoms with van der Waals surface area (Å²) in [6.45, 7) is 4.09. The molecule has 26 heavy (non-hydrogen) atoms. The number of amides is 2. The molecule has 2 fully saturated rings. The van der Waals surface area contributed by atoms with Crippen molar-refractivity contribution in [1.29, 1.82) is 0 Å². The summed E-state index contributed by atoms with van der Waals surface area (Å²) >= 11 is 0. The van der Waals surface area contributed by atoms with Crippen LogP contribution in [0.4, 0.5) is 10.5 Å². The number of carbonyl (C=O) groups is 2. The molecular formula is C19H20N4O3. The molecule has 7 heteroatoms. The van der Waals surface area contributed by atoms with Gasteiger partial charge in [-0.2, -0.15) is 0 Å². The quantitative estimate of drug-likeness (QED) is 0.882. The Balaban J connectivity index is 1.55. The molecule has 2 amide bonds. The molecule has 1 atom stereocenters. The molecule has 1 unspecified atom stereocenters. The molecule has 0 spiro atoms. The van der Waals surface area contributed by atoms with E-state index < -0.39 is 11.7 Å². The first-order valence-electron chi connectivity index (χ1n) is 8.67. The van der Waals surface area contributed by atoms with Crippen molar-refractivity contribution >= 4 is 17.7 Å². The maximum absolute atomic E-state index is 12.6. The predicted octanol–water partition coefficient (Wildman–Crippen LogP) is 2.87. The third-order valence-corrected chi connectivity index (χ3v) is 4.67. The predicted molar refractivity (Wildman–Crippen MR) is 95.0 cm³/mol. The summed E-state index contributed by atoms with van der Waals surface area (Å²) in [5, 5.41) is 5.53. The molecule has 1 aromatic carbocycles. The van der Waals surface area contributed by atoms with Crippen LogP contribution < -0.4 is 10.6 Å². The molecule has 1 aliphatic carbocycles. The van der Waals surface area contributed by atoms with Gasteiger partial charge < -0.3 is 15.4 Å². The van der Waals surface area contributed by atoms with E-state index in [1.54, 1.807) is 12.1 Å². The van der Waals surface area contributed by atoms with Crippen LogP contribution in [0, 0.1) is 6.92 Å². The molecule has 1 saturated heterocycles. The summed E-state index contributed by atoms with van der Waals surface area (Å²) in [5.74, 6) is 0.857. The van der Waals surface area contributed by atoms with Crippen molar-refractivity contribution in [3.8, 4) is 0 Å². The molecule has 1 aromatic heterocycles. The number of cyclic esters (lactones) is 1. The number of rotatable bonds is 4. The number of aryl methyl sites for hydroxylation is 1. The minimum atomic E-state index is -0.748. The van der Waals surface area contributed by atoms with Crippen molar-refractivity contribution in [3.05, 3.63) is 53.1 Å². The van der Waals surface area contributed by atoms with Gasteiger partial charge in [-0.3, -0.25) is 4.79 Å². The lowest BCUT2D eigenvalue weighted by Crippen LogP contribution is -2.26. The van der Waals surface area contributed by atoms with Gasteiger partial charge in [-0.1, -0.05) is 12.1 Å². The third kappa shape index (κ3) is 3.24. The lowest BCUT2D eigenvalue weighted by Gasteiger charge is -2.22. The van der Waals surface area contributed by atoms with E-state index in [2.05, 4.69) is 20.6 Å². The first-order chi connectivity index (χ1) is 12.4. The second-order valence-electron chi connectivity index (χ2n) is 7.04. The van der Waals surface area contributed by atoms with Crippen LogP contribution in [0.5, 0.6) is 0 Å². The first-order valence-corrected chi connectivity index (χ1v) is 8.67. The minimum Gasteiger partial charge on any atom is -0.436 e. The van der Waals surface area contributed by atoms with Gasteiger partial charge in [0, 0.05) is 17.3 Å². The number of benzene rings is 1. The average molecular weight is 352 g/mol. The molecule has 7 nitrogen and oxygen atoms in total. The molecule has 1 aliphatic heterocycles. The molecule has 2 aliphatic rings. The van der Waals surface area contributed by atoms with Gasteiger partial charge in [-0.05, 0) is 50.5 Å². The monoisotopic (exact) mass is 352 g/mol. The van der Waals surface area contributed by atoms with Crippen LogP contribution in [0.2, 0.25) is 0 Å². The van der Waals surface area contributed by atoms with Crippen molar-refractivity contribution in [2.24, 2.45) is 0 Å². The number of aromatic nitrogens is 2. The van der Waals surface area contributed by atoms with Crippen molar-refractivity contribution in [2.75, 3.05) is 11.9 Å². The van der Waals surface area contributed by atoms with Gasteiger partial charge in [0.15, 0.2) is 5.60 Å². The fraction of sp³-hybridized carbons (Fsp3) is 0.368. The third-order valence-electron chi connectivity index (χ3n) is 4.67. The van der Waals surface area contributed by atoms with Crippen LogP contribution in [0.25, 0.3) is 0 Å². The normalized spacial score (nSPS) is 21.8. The molecule has 4 rings (SSSR count). The van der Waals surface area contributed by atoms with E-state index in [9.17, 15) is 9.59 Å². The molecule has 2 N–H and O–H groups in total. The topological polar surface area (TPSA) is 93.2 Å². The highest BCUT2D eigenvalue weighted by atomic mass is 16.6. The Kier molecular flexibility index (Phi) is 3.86. The van der Waals surface area contributed by atoms with Gasteiger partial charge in [0.1, 0.15) is 11.5 Å². The second-order valence-corrected chi connectivity index (χ2v) is 7.04. The standard InChI is InChI=1S/C19H20N4O3/c1-11-8-15(23-16(21-11)12-6-7-12)17(24)22-14-5-3-4-13(9-14)19(2)10-20-18(25)26-19/h3-5,8-9,12H,6-7,10H2,1-2H3,(H,20,25)(H,22,24). The highest BCUT2D eigenvalue weighted by Crippen LogP contribution is 2.38. The number of carbonyl (C=O) groups excluding carboxylic acids is 2. The van der Waals surface area contributed by atoms with Gasteiger partial charge in [0.2, 0.25) is 0 Å². The summed E-state index contributed by atoms with van der Waals surface area (Å²) in [5.41, 5.74) is 1.84. The van der Waals surface area contributed by atoms with Gasteiger partial charge in [0.25, 0.3) is 5.91 Å². The molecule has 0 bridgehead atoms. The zero-order valence-corrected chi connectivity index (χ0v) is 14.7. The van der Waals surface area contributed by atoms with E-state index in [1.807, 2.05) is 32.0 Å². The number of ether oxygens (including phenoxy) is 1. The maximum atomic E-state index is 12.6. The number of hydrogen-bond acceptors (Lipinski definition) is 5. The summed E-state index contributed by atoms with van der Waals surface area (Å²) in [6, 6.07) is 8.99. The largest absolute Gasteiger partial charge is 0.436 e. The molecule has 2 heterocycles. The average Bonchev–Trinajstić information content (AvgIpc) is 3.40. The number of alkyl carbamates (subject to hydrolysis) is 1. The fourth-order valence-corrected chi connectivity index (χ4v) is 3.03. The summed E-state index contributed by atoms with van der Waals surface area (Å²) < 4.78 is 5.36. The highest BCUT2D eigenvalue weighted by molar-refractivity contribution is 6.03. The van der Waals surface area contributed by atoms with Gasteiger partial charge in [0.05, 0.1) is 6.54 Å². The Bertz CT molecular complexity index is 894. The number of anilines is 1. The maximum Gasteiger partial charge on any atom is 0.408 e.